The van der Waals surface area contributed by atoms with Gasteiger partial charge in [-0.05, 0) is 45.0 Å². The number of hydrogen-bond acceptors (Lipinski definition) is 0. The van der Waals surface area contributed by atoms with Crippen LogP contribution in [0.15, 0.2) is 0 Å². The predicted molar refractivity (Wildman–Crippen MR) is 86.0 cm³/mol. The smallest absolute Gasteiger partial charge is 0.00841 e. The average molecular weight is 265 g/mol. The molecule has 0 aromatic carbocycles. The molecule has 0 aliphatic carbocycles. The van der Waals surface area contributed by atoms with Crippen LogP contribution in [0.3, 0.4) is 0 Å². The lowest BCUT2D eigenvalue weighted by molar-refractivity contribution is 0.769. The van der Waals surface area contributed by atoms with Crippen LogP contribution in [-0.2, 0) is 0 Å². The van der Waals surface area contributed by atoms with Gasteiger partial charge in [0.2, 0.25) is 0 Å². The zero-order valence-electron chi connectivity index (χ0n) is 12.6. The van der Waals surface area contributed by atoms with E-state index in [9.17, 15) is 0 Å². The number of hydrogen-bond donors (Lipinski definition) is 0. The van der Waals surface area contributed by atoms with E-state index in [4.69, 9.17) is 0 Å². The molecule has 0 N–H and O–H groups in total. The van der Waals surface area contributed by atoms with Crippen LogP contribution in [0.5, 0.6) is 0 Å². The molecule has 1 rings (SSSR count). The second-order valence-corrected chi connectivity index (χ2v) is 16.8. The molecule has 0 nitrogen and oxygen atoms in total. The van der Waals surface area contributed by atoms with Gasteiger partial charge in [-0.25, -0.2) is 20.1 Å². The second-order valence-electron chi connectivity index (χ2n) is 7.59. The maximum atomic E-state index is 2.59. The molecule has 0 amide bonds. The van der Waals surface area contributed by atoms with E-state index in [2.05, 4.69) is 54.1 Å². The minimum absolute atomic E-state index is 0.367. The summed E-state index contributed by atoms with van der Waals surface area (Å²) in [5, 5.41) is 0. The first-order chi connectivity index (χ1) is 6.91. The first-order valence-electron chi connectivity index (χ1n) is 6.38. The Morgan fingerprint density at radius 3 is 0.875 bits per heavy atom. The average Bonchev–Trinajstić information content (AvgIpc) is 2.07. The highest BCUT2D eigenvalue weighted by Gasteiger charge is 2.42. The van der Waals surface area contributed by atoms with Crippen LogP contribution in [0.4, 0.5) is 0 Å². The summed E-state index contributed by atoms with van der Waals surface area (Å²) < 4.78 is 1.09. The first kappa shape index (κ1) is 14.8. The van der Waals surface area contributed by atoms with Gasteiger partial charge in [-0.3, -0.25) is 0 Å². The highest BCUT2D eigenvalue weighted by molar-refractivity contribution is 8.40. The maximum absolute atomic E-state index is 2.59. The fourth-order valence-corrected chi connectivity index (χ4v) is 10.9. The van der Waals surface area contributed by atoms with Crippen molar-refractivity contribution in [2.45, 2.75) is 51.0 Å². The number of rotatable bonds is 0. The SMILES string of the molecule is CC(C)(C)S1(C)CCS(C)(C(C)(C)C)CC1. The van der Waals surface area contributed by atoms with Crippen LogP contribution >= 0.6 is 20.1 Å². The summed E-state index contributed by atoms with van der Waals surface area (Å²) in [6.45, 7) is 14.7. The molecule has 0 aromatic rings. The van der Waals surface area contributed by atoms with Crippen LogP contribution in [0.25, 0.3) is 0 Å². The topological polar surface area (TPSA) is 0 Å². The standard InChI is InChI=1S/C14H32S2/c1-13(2,3)15(7)9-11-16(8,12-10-15)14(4,5)6/h9-12H2,1-8H3. The lowest BCUT2D eigenvalue weighted by atomic mass is 10.3. The third kappa shape index (κ3) is 2.58. The summed E-state index contributed by atoms with van der Waals surface area (Å²) in [7, 11) is -0.734. The van der Waals surface area contributed by atoms with Crippen molar-refractivity contribution in [3.63, 3.8) is 0 Å². The molecule has 0 aromatic heterocycles. The van der Waals surface area contributed by atoms with Crippen molar-refractivity contribution in [3.8, 4) is 0 Å². The molecule has 1 saturated heterocycles. The lowest BCUT2D eigenvalue weighted by Gasteiger charge is -2.60. The molecular formula is C14H32S2. The van der Waals surface area contributed by atoms with Crippen LogP contribution in [-0.4, -0.2) is 45.0 Å². The molecule has 0 saturated carbocycles. The Hall–Kier alpha value is 0.700. The molecule has 0 spiro atoms. The van der Waals surface area contributed by atoms with Crippen LogP contribution in [0.2, 0.25) is 0 Å². The molecule has 0 unspecified atom stereocenters. The summed E-state index contributed by atoms with van der Waals surface area (Å²) in [5.74, 6) is 6.05. The Morgan fingerprint density at radius 2 is 0.750 bits per heavy atom. The fourth-order valence-electron chi connectivity index (χ4n) is 2.16. The highest BCUT2D eigenvalue weighted by Crippen LogP contribution is 2.67. The van der Waals surface area contributed by atoms with Gasteiger partial charge in [0.05, 0.1) is 0 Å². The van der Waals surface area contributed by atoms with Gasteiger partial charge >= 0.3 is 0 Å². The minimum Gasteiger partial charge on any atom is -0.238 e. The van der Waals surface area contributed by atoms with E-state index in [1.807, 2.05) is 0 Å². The zero-order chi connectivity index (χ0) is 12.8. The molecule has 1 heterocycles. The van der Waals surface area contributed by atoms with E-state index < -0.39 is 0 Å². The molecule has 0 bridgehead atoms. The first-order valence-corrected chi connectivity index (χ1v) is 11.1. The highest BCUT2D eigenvalue weighted by atomic mass is 32.3. The lowest BCUT2D eigenvalue weighted by Crippen LogP contribution is -2.41. The summed E-state index contributed by atoms with van der Waals surface area (Å²) in [6.07, 6.45) is 5.18. The fraction of sp³-hybridized carbons (Fsp3) is 1.00. The van der Waals surface area contributed by atoms with Gasteiger partial charge in [0.1, 0.15) is 0 Å². The Morgan fingerprint density at radius 1 is 0.562 bits per heavy atom. The van der Waals surface area contributed by atoms with Crippen molar-refractivity contribution in [1.82, 2.24) is 0 Å². The molecule has 100 valence electrons. The van der Waals surface area contributed by atoms with Crippen molar-refractivity contribution >= 4 is 20.1 Å². The van der Waals surface area contributed by atoms with Gasteiger partial charge in [-0.2, -0.15) is 0 Å². The van der Waals surface area contributed by atoms with Crippen molar-refractivity contribution < 1.29 is 0 Å². The van der Waals surface area contributed by atoms with E-state index in [1.165, 1.54) is 23.0 Å². The quantitative estimate of drug-likeness (QED) is 0.606. The summed E-state index contributed by atoms with van der Waals surface area (Å²) in [5.41, 5.74) is 0. The van der Waals surface area contributed by atoms with Gasteiger partial charge in [-0.1, -0.05) is 41.5 Å². The van der Waals surface area contributed by atoms with Crippen LogP contribution in [0.1, 0.15) is 41.5 Å². The largest absolute Gasteiger partial charge is 0.238 e. The van der Waals surface area contributed by atoms with Crippen molar-refractivity contribution in [3.05, 3.63) is 0 Å². The van der Waals surface area contributed by atoms with Crippen molar-refractivity contribution in [1.29, 1.82) is 0 Å². The summed E-state index contributed by atoms with van der Waals surface area (Å²) >= 11 is 0. The molecule has 1 fully saturated rings. The van der Waals surface area contributed by atoms with E-state index in [-0.39, 0.29) is 20.1 Å². The second kappa shape index (κ2) is 4.12. The molecule has 2 heteroatoms. The summed E-state index contributed by atoms with van der Waals surface area (Å²) in [4.78, 5) is 0. The van der Waals surface area contributed by atoms with Crippen molar-refractivity contribution in [2.75, 3.05) is 35.5 Å². The van der Waals surface area contributed by atoms with Gasteiger partial charge in [0.15, 0.2) is 0 Å². The molecule has 16 heavy (non-hydrogen) atoms. The maximum Gasteiger partial charge on any atom is -0.00841 e. The molecule has 0 atom stereocenters. The summed E-state index contributed by atoms with van der Waals surface area (Å²) in [6, 6.07) is 0. The Balaban J connectivity index is 2.79. The Labute approximate surface area is 107 Å². The van der Waals surface area contributed by atoms with E-state index in [0.717, 1.165) is 0 Å². The molecule has 1 aliphatic rings. The van der Waals surface area contributed by atoms with Gasteiger partial charge in [0, 0.05) is 0 Å². The van der Waals surface area contributed by atoms with Gasteiger partial charge in [-0.15, -0.1) is 0 Å². The third-order valence-corrected chi connectivity index (χ3v) is 15.8. The van der Waals surface area contributed by atoms with Crippen molar-refractivity contribution in [2.24, 2.45) is 0 Å². The van der Waals surface area contributed by atoms with Gasteiger partial charge in [0.25, 0.3) is 0 Å². The van der Waals surface area contributed by atoms with Gasteiger partial charge < -0.3 is 0 Å². The third-order valence-electron chi connectivity index (χ3n) is 4.93. The van der Waals surface area contributed by atoms with E-state index in [1.54, 1.807) is 0 Å². The minimum atomic E-state index is -0.367. The van der Waals surface area contributed by atoms with Crippen LogP contribution in [0, 0.1) is 0 Å². The van der Waals surface area contributed by atoms with Crippen LogP contribution < -0.4 is 0 Å². The zero-order valence-corrected chi connectivity index (χ0v) is 14.3. The monoisotopic (exact) mass is 264 g/mol. The molecule has 1 aliphatic heterocycles. The Kier molecular flexibility index (Phi) is 3.80. The predicted octanol–water partition coefficient (Wildman–Crippen LogP) is 4.47. The normalized spacial score (nSPS) is 45.5. The Bertz CT molecular complexity index is 219. The van der Waals surface area contributed by atoms with E-state index in [0.29, 0.717) is 9.49 Å². The van der Waals surface area contributed by atoms with E-state index >= 15 is 0 Å². The molecule has 0 radical (unpaired) electrons. The molecular weight excluding hydrogens is 232 g/mol.